The summed E-state index contributed by atoms with van der Waals surface area (Å²) in [5, 5.41) is 11.0. The van der Waals surface area contributed by atoms with Gasteiger partial charge < -0.3 is 5.84 Å². The third-order valence-electron chi connectivity index (χ3n) is 4.01. The average molecular weight is 430 g/mol. The molecule has 2 aromatic carbocycles. The number of para-hydroxylation sites is 1. The van der Waals surface area contributed by atoms with E-state index in [4.69, 9.17) is 18.1 Å². The fourth-order valence-electron chi connectivity index (χ4n) is 2.63. The van der Waals surface area contributed by atoms with Gasteiger partial charge in [0.15, 0.2) is 15.7 Å². The molecule has 0 spiro atoms. The molecule has 2 heterocycles. The number of aromatic amines is 1. The number of hydrogen-bond donors (Lipinski definition) is 2. The van der Waals surface area contributed by atoms with E-state index in [2.05, 4.69) is 15.3 Å². The van der Waals surface area contributed by atoms with Gasteiger partial charge >= 0.3 is 0 Å². The molecule has 0 saturated heterocycles. The molecule has 0 radical (unpaired) electrons. The number of nitrogens with zero attached hydrogens (tertiary/aromatic N) is 4. The van der Waals surface area contributed by atoms with E-state index in [0.29, 0.717) is 14.0 Å². The van der Waals surface area contributed by atoms with Gasteiger partial charge in [-0.1, -0.05) is 48.5 Å². The Hall–Kier alpha value is -2.81. The van der Waals surface area contributed by atoms with Crippen molar-refractivity contribution in [2.24, 2.45) is 0 Å². The van der Waals surface area contributed by atoms with E-state index in [0.717, 1.165) is 15.9 Å². The Balaban J connectivity index is 1.86. The van der Waals surface area contributed by atoms with Gasteiger partial charge in [-0.15, -0.1) is 0 Å². The Labute approximate surface area is 167 Å². The second-order valence-electron chi connectivity index (χ2n) is 5.92. The summed E-state index contributed by atoms with van der Waals surface area (Å²) in [5.41, 5.74) is 1.92. The van der Waals surface area contributed by atoms with Gasteiger partial charge in [0.2, 0.25) is 4.77 Å². The SMILES string of the molecule is Nn1c(CS(=O)(=O)c2pn(-c3ccccc3)nc2-c2ccccc2)n[nH]c1=S. The lowest BCUT2D eigenvalue weighted by molar-refractivity contribution is 0.595. The highest BCUT2D eigenvalue weighted by Crippen LogP contribution is 2.36. The van der Waals surface area contributed by atoms with Crippen LogP contribution in [-0.2, 0) is 15.6 Å². The first-order chi connectivity index (χ1) is 13.5. The zero-order valence-electron chi connectivity index (χ0n) is 14.4. The Bertz CT molecular complexity index is 1280. The molecule has 0 bridgehead atoms. The molecule has 0 aliphatic rings. The van der Waals surface area contributed by atoms with Gasteiger partial charge in [0, 0.05) is 5.56 Å². The van der Waals surface area contributed by atoms with Crippen molar-refractivity contribution in [3.63, 3.8) is 0 Å². The van der Waals surface area contributed by atoms with Gasteiger partial charge in [0.05, 0.1) is 14.0 Å². The van der Waals surface area contributed by atoms with Crippen molar-refractivity contribution in [3.05, 3.63) is 71.3 Å². The molecule has 0 unspecified atom stereocenters. The molecule has 0 aliphatic heterocycles. The Morgan fingerprint density at radius 1 is 1.07 bits per heavy atom. The van der Waals surface area contributed by atoms with Crippen molar-refractivity contribution < 1.29 is 8.42 Å². The van der Waals surface area contributed by atoms with Gasteiger partial charge in [-0.25, -0.2) is 17.5 Å². The standard InChI is InChI=1S/C17H15N6O2PS2/c18-22-14(19-20-17(22)27)11-28(24,25)16-15(12-7-3-1-4-8-12)21-23(26-16)13-9-5-2-6-10-13/h1-10H,11,18H2,(H,20,27). The van der Waals surface area contributed by atoms with Gasteiger partial charge in [-0.2, -0.15) is 10.2 Å². The number of nitrogens with one attached hydrogen (secondary N) is 1. The first-order valence-corrected chi connectivity index (χ1v) is 11.1. The number of aromatic nitrogens is 5. The summed E-state index contributed by atoms with van der Waals surface area (Å²) in [4.78, 5) is 0. The third kappa shape index (κ3) is 3.49. The van der Waals surface area contributed by atoms with E-state index >= 15 is 0 Å². The minimum Gasteiger partial charge on any atom is -0.335 e. The largest absolute Gasteiger partial charge is 0.335 e. The van der Waals surface area contributed by atoms with Crippen LogP contribution < -0.4 is 5.84 Å². The van der Waals surface area contributed by atoms with Crippen LogP contribution in [0.25, 0.3) is 16.9 Å². The van der Waals surface area contributed by atoms with Crippen LogP contribution in [0.3, 0.4) is 0 Å². The molecule has 11 heteroatoms. The maximum Gasteiger partial charge on any atom is 0.214 e. The quantitative estimate of drug-likeness (QED) is 0.372. The number of nitrogens with two attached hydrogens (primary N) is 1. The molecule has 28 heavy (non-hydrogen) atoms. The Kier molecular flexibility index (Phi) is 4.84. The number of H-pyrrole nitrogens is 1. The molecule has 4 aromatic rings. The summed E-state index contributed by atoms with van der Waals surface area (Å²) in [5.74, 6) is 5.53. The summed E-state index contributed by atoms with van der Waals surface area (Å²) >= 11 is 4.97. The normalized spacial score (nSPS) is 11.9. The van der Waals surface area contributed by atoms with Crippen molar-refractivity contribution in [1.82, 2.24) is 24.4 Å². The fourth-order valence-corrected chi connectivity index (χ4v) is 5.67. The topological polar surface area (TPSA) is 112 Å². The highest BCUT2D eigenvalue weighted by molar-refractivity contribution is 7.93. The zero-order valence-corrected chi connectivity index (χ0v) is 17.0. The van der Waals surface area contributed by atoms with E-state index in [9.17, 15) is 8.42 Å². The van der Waals surface area contributed by atoms with E-state index in [1.165, 1.54) is 0 Å². The first-order valence-electron chi connectivity index (χ1n) is 8.18. The lowest BCUT2D eigenvalue weighted by Crippen LogP contribution is -2.16. The molecule has 4 rings (SSSR count). The van der Waals surface area contributed by atoms with E-state index in [1.54, 1.807) is 4.44 Å². The first kappa shape index (κ1) is 18.5. The molecule has 142 valence electrons. The smallest absolute Gasteiger partial charge is 0.214 e. The molecule has 0 saturated carbocycles. The Morgan fingerprint density at radius 2 is 1.71 bits per heavy atom. The maximum atomic E-state index is 13.2. The van der Waals surface area contributed by atoms with Crippen molar-refractivity contribution in [3.8, 4) is 16.9 Å². The van der Waals surface area contributed by atoms with Crippen LogP contribution in [0.5, 0.6) is 0 Å². The van der Waals surface area contributed by atoms with Crippen LogP contribution in [0.1, 0.15) is 5.82 Å². The van der Waals surface area contributed by atoms with Crippen molar-refractivity contribution in [2.45, 2.75) is 10.4 Å². The second kappa shape index (κ2) is 7.31. The molecule has 0 aliphatic carbocycles. The number of sulfone groups is 1. The predicted octanol–water partition coefficient (Wildman–Crippen LogP) is 3.06. The highest BCUT2D eigenvalue weighted by atomic mass is 32.2. The number of benzene rings is 2. The summed E-state index contributed by atoms with van der Waals surface area (Å²) in [7, 11) is -3.32. The van der Waals surface area contributed by atoms with Gasteiger partial charge in [-0.05, 0) is 24.4 Å². The summed E-state index contributed by atoms with van der Waals surface area (Å²) in [6.07, 6.45) is 0. The summed E-state index contributed by atoms with van der Waals surface area (Å²) in [6, 6.07) is 18.6. The zero-order chi connectivity index (χ0) is 19.7. The van der Waals surface area contributed by atoms with Crippen LogP contribution >= 0.6 is 20.6 Å². The van der Waals surface area contributed by atoms with Gasteiger partial charge in [0.25, 0.3) is 0 Å². The minimum atomic E-state index is -3.76. The number of rotatable bonds is 5. The monoisotopic (exact) mass is 430 g/mol. The minimum absolute atomic E-state index is 0.137. The molecule has 2 aromatic heterocycles. The summed E-state index contributed by atoms with van der Waals surface area (Å²) in [6.45, 7) is 0. The molecular formula is C17H15N6O2PS2. The van der Waals surface area contributed by atoms with Crippen LogP contribution in [0.2, 0.25) is 0 Å². The molecular weight excluding hydrogens is 415 g/mol. The van der Waals surface area contributed by atoms with Crippen molar-refractivity contribution in [2.75, 3.05) is 5.84 Å². The van der Waals surface area contributed by atoms with Crippen LogP contribution in [-0.4, -0.2) is 32.8 Å². The van der Waals surface area contributed by atoms with E-state index in [-0.39, 0.29) is 21.0 Å². The molecule has 0 fully saturated rings. The second-order valence-corrected chi connectivity index (χ2v) is 9.56. The highest BCUT2D eigenvalue weighted by Gasteiger charge is 2.27. The van der Waals surface area contributed by atoms with Crippen LogP contribution in [0.4, 0.5) is 0 Å². The molecule has 8 nitrogen and oxygen atoms in total. The van der Waals surface area contributed by atoms with Gasteiger partial charge in [-0.3, -0.25) is 5.10 Å². The average Bonchev–Trinajstić information content (AvgIpc) is 3.29. The van der Waals surface area contributed by atoms with Crippen molar-refractivity contribution >= 4 is 30.4 Å². The summed E-state index contributed by atoms with van der Waals surface area (Å²) < 4.78 is 29.5. The fraction of sp³-hybridized carbons (Fsp3) is 0.0588. The third-order valence-corrected chi connectivity index (χ3v) is 7.70. The number of nitrogen functional groups attached to an aromatic ring is 1. The molecule has 0 atom stereocenters. The van der Waals surface area contributed by atoms with E-state index < -0.39 is 9.84 Å². The van der Waals surface area contributed by atoms with Crippen LogP contribution in [0, 0.1) is 4.77 Å². The van der Waals surface area contributed by atoms with Crippen molar-refractivity contribution in [1.29, 1.82) is 0 Å². The van der Waals surface area contributed by atoms with Gasteiger partial charge in [0.1, 0.15) is 16.1 Å². The van der Waals surface area contributed by atoms with E-state index in [1.807, 2.05) is 60.7 Å². The number of hydrogen-bond acceptors (Lipinski definition) is 6. The lowest BCUT2D eigenvalue weighted by Gasteiger charge is -2.04. The lowest BCUT2D eigenvalue weighted by atomic mass is 10.2. The predicted molar refractivity (Wildman–Crippen MR) is 110 cm³/mol. The maximum absolute atomic E-state index is 13.2. The Morgan fingerprint density at radius 3 is 2.32 bits per heavy atom. The molecule has 0 amide bonds. The van der Waals surface area contributed by atoms with Crippen LogP contribution in [0.15, 0.2) is 65.3 Å². The molecule has 3 N–H and O–H groups in total.